The molecule has 0 radical (unpaired) electrons. The second-order valence-corrected chi connectivity index (χ2v) is 10.4. The molecule has 1 spiro atoms. The van der Waals surface area contributed by atoms with Gasteiger partial charge >= 0.3 is 0 Å². The van der Waals surface area contributed by atoms with Crippen LogP contribution in [0.25, 0.3) is 11.1 Å². The number of hydrazone groups is 1. The van der Waals surface area contributed by atoms with Crippen molar-refractivity contribution in [3.63, 3.8) is 0 Å². The number of hydrogen-bond donors (Lipinski definition) is 0. The molecule has 2 aliphatic heterocycles. The van der Waals surface area contributed by atoms with Gasteiger partial charge in [-0.15, -0.1) is 0 Å². The molecule has 3 aliphatic rings. The van der Waals surface area contributed by atoms with Gasteiger partial charge < -0.3 is 0 Å². The standard InChI is InChI=1S/C21H21N4OP/c1-13(26)25-23-18(20(2,3)4)19-22-24-21(27(19)25)16-11-7-5-9-14(16)15-10-6-8-12-17(15)21/h5-12,19H,1-4H3. The van der Waals surface area contributed by atoms with Gasteiger partial charge in [0.1, 0.15) is 0 Å². The van der Waals surface area contributed by atoms with Crippen LogP contribution in [0.3, 0.4) is 0 Å². The van der Waals surface area contributed by atoms with Crippen LogP contribution in [0.5, 0.6) is 0 Å². The van der Waals surface area contributed by atoms with Crippen LogP contribution in [-0.4, -0.2) is 22.2 Å². The lowest BCUT2D eigenvalue weighted by molar-refractivity contribution is -0.124. The molecule has 5 rings (SSSR count). The largest absolute Gasteiger partial charge is 0.273 e. The number of benzene rings is 2. The van der Waals surface area contributed by atoms with E-state index < -0.39 is 13.4 Å². The predicted octanol–water partition coefficient (Wildman–Crippen LogP) is 5.32. The maximum absolute atomic E-state index is 12.6. The first-order chi connectivity index (χ1) is 12.9. The summed E-state index contributed by atoms with van der Waals surface area (Å²) in [6.45, 7) is 7.97. The third-order valence-corrected chi connectivity index (χ3v) is 8.30. The first-order valence-electron chi connectivity index (χ1n) is 9.16. The van der Waals surface area contributed by atoms with Gasteiger partial charge in [0.2, 0.25) is 5.91 Å². The van der Waals surface area contributed by atoms with Gasteiger partial charge in [0.05, 0.1) is 13.8 Å². The number of amides is 1. The van der Waals surface area contributed by atoms with Crippen molar-refractivity contribution in [3.8, 4) is 11.1 Å². The summed E-state index contributed by atoms with van der Waals surface area (Å²) in [5.41, 5.74) is 5.43. The molecule has 27 heavy (non-hydrogen) atoms. The molecule has 2 atom stereocenters. The number of hydrogen-bond acceptors (Lipinski definition) is 4. The minimum absolute atomic E-state index is 0.0427. The SMILES string of the molecule is CC(=O)N1N=C(C(C)(C)C)C2N=NC3(c4ccccc4-c4ccccc43)P21. The molecular weight excluding hydrogens is 355 g/mol. The van der Waals surface area contributed by atoms with E-state index in [0.29, 0.717) is 0 Å². The van der Waals surface area contributed by atoms with E-state index in [-0.39, 0.29) is 17.1 Å². The zero-order valence-electron chi connectivity index (χ0n) is 15.8. The normalized spacial score (nSPS) is 24.0. The van der Waals surface area contributed by atoms with Gasteiger partial charge in [-0.3, -0.25) is 4.79 Å². The second-order valence-electron chi connectivity index (χ2n) is 8.24. The van der Waals surface area contributed by atoms with Gasteiger partial charge in [0, 0.05) is 12.3 Å². The van der Waals surface area contributed by atoms with Crippen molar-refractivity contribution in [2.45, 2.75) is 38.8 Å². The molecule has 0 aromatic heterocycles. The Morgan fingerprint density at radius 1 is 1.04 bits per heavy atom. The lowest BCUT2D eigenvalue weighted by Crippen LogP contribution is -2.30. The highest BCUT2D eigenvalue weighted by Gasteiger charge is 2.63. The van der Waals surface area contributed by atoms with E-state index in [1.54, 1.807) is 11.7 Å². The van der Waals surface area contributed by atoms with Gasteiger partial charge in [0.25, 0.3) is 0 Å². The lowest BCUT2D eigenvalue weighted by atomic mass is 9.90. The van der Waals surface area contributed by atoms with Crippen LogP contribution in [0.1, 0.15) is 38.8 Å². The number of rotatable bonds is 0. The fraction of sp³-hybridized carbons (Fsp3) is 0.333. The third-order valence-electron chi connectivity index (χ3n) is 5.47. The first-order valence-corrected chi connectivity index (χ1v) is 10.5. The lowest BCUT2D eigenvalue weighted by Gasteiger charge is -2.33. The highest BCUT2D eigenvalue weighted by molar-refractivity contribution is 7.60. The number of fused-ring (bicyclic) bond motifs is 7. The fourth-order valence-corrected chi connectivity index (χ4v) is 7.50. The van der Waals surface area contributed by atoms with Crippen LogP contribution >= 0.6 is 8.07 Å². The Balaban J connectivity index is 1.78. The Morgan fingerprint density at radius 2 is 1.59 bits per heavy atom. The molecule has 1 amide bonds. The summed E-state index contributed by atoms with van der Waals surface area (Å²) < 4.78 is 1.69. The molecule has 0 bridgehead atoms. The first kappa shape index (κ1) is 16.8. The van der Waals surface area contributed by atoms with Crippen molar-refractivity contribution in [2.75, 3.05) is 0 Å². The van der Waals surface area contributed by atoms with E-state index in [0.717, 1.165) is 16.8 Å². The van der Waals surface area contributed by atoms with Crippen molar-refractivity contribution in [1.29, 1.82) is 0 Å². The number of carbonyl (C=O) groups excluding carboxylic acids is 1. The summed E-state index contributed by atoms with van der Waals surface area (Å²) in [5, 5.41) is 13.8. The Kier molecular flexibility index (Phi) is 3.31. The average molecular weight is 376 g/mol. The molecule has 0 N–H and O–H groups in total. The Bertz CT molecular complexity index is 991. The molecule has 6 heteroatoms. The van der Waals surface area contributed by atoms with Gasteiger partial charge in [-0.05, 0) is 22.3 Å². The van der Waals surface area contributed by atoms with Crippen LogP contribution in [0, 0.1) is 5.41 Å². The molecule has 0 fully saturated rings. The van der Waals surface area contributed by atoms with Crippen LogP contribution < -0.4 is 0 Å². The molecule has 136 valence electrons. The van der Waals surface area contributed by atoms with E-state index in [2.05, 4.69) is 57.2 Å². The quantitative estimate of drug-likeness (QED) is 0.574. The van der Waals surface area contributed by atoms with Gasteiger partial charge in [-0.25, -0.2) is 4.78 Å². The van der Waals surface area contributed by atoms with Crippen molar-refractivity contribution >= 4 is 19.7 Å². The van der Waals surface area contributed by atoms with Gasteiger partial charge in [0.15, 0.2) is 11.1 Å². The van der Waals surface area contributed by atoms with Crippen LogP contribution in [0.15, 0.2) is 63.9 Å². The highest BCUT2D eigenvalue weighted by atomic mass is 31.1. The topological polar surface area (TPSA) is 57.4 Å². The zero-order chi connectivity index (χ0) is 19.0. The zero-order valence-corrected chi connectivity index (χ0v) is 16.7. The molecule has 2 heterocycles. The predicted molar refractivity (Wildman–Crippen MR) is 108 cm³/mol. The van der Waals surface area contributed by atoms with Crippen molar-refractivity contribution in [2.24, 2.45) is 20.7 Å². The van der Waals surface area contributed by atoms with Gasteiger partial charge in [-0.1, -0.05) is 69.3 Å². The van der Waals surface area contributed by atoms with E-state index in [1.807, 2.05) is 12.1 Å². The molecule has 5 nitrogen and oxygen atoms in total. The Morgan fingerprint density at radius 3 is 2.11 bits per heavy atom. The Hall–Kier alpha value is -2.39. The Labute approximate surface area is 160 Å². The van der Waals surface area contributed by atoms with Crippen molar-refractivity contribution in [3.05, 3.63) is 59.7 Å². The molecule has 2 aromatic carbocycles. The van der Waals surface area contributed by atoms with Crippen molar-refractivity contribution in [1.82, 2.24) is 4.78 Å². The van der Waals surface area contributed by atoms with Gasteiger partial charge in [-0.2, -0.15) is 15.3 Å². The maximum Gasteiger partial charge on any atom is 0.243 e. The van der Waals surface area contributed by atoms with E-state index in [9.17, 15) is 4.79 Å². The number of carbonyl (C=O) groups is 1. The summed E-state index contributed by atoms with van der Waals surface area (Å²) >= 11 is 0. The molecule has 0 saturated heterocycles. The molecular formula is C21H21N4OP. The number of nitrogens with zero attached hydrogens (tertiary/aromatic N) is 4. The summed E-state index contributed by atoms with van der Waals surface area (Å²) in [5.74, 6) is -0.193. The summed E-state index contributed by atoms with van der Waals surface area (Å²) in [4.78, 5) is 12.6. The molecule has 1 aliphatic carbocycles. The van der Waals surface area contributed by atoms with E-state index in [1.165, 1.54) is 11.1 Å². The third kappa shape index (κ3) is 2.03. The van der Waals surface area contributed by atoms with Crippen LogP contribution in [0.2, 0.25) is 0 Å². The summed E-state index contributed by atoms with van der Waals surface area (Å²) in [7, 11) is -1.11. The molecule has 0 saturated carbocycles. The summed E-state index contributed by atoms with van der Waals surface area (Å²) in [6.07, 6.45) is 0. The summed E-state index contributed by atoms with van der Waals surface area (Å²) in [6, 6.07) is 16.7. The average Bonchev–Trinajstić information content (AvgIpc) is 3.27. The smallest absolute Gasteiger partial charge is 0.243 e. The van der Waals surface area contributed by atoms with E-state index >= 15 is 0 Å². The van der Waals surface area contributed by atoms with Crippen LogP contribution in [-0.2, 0) is 10.1 Å². The monoisotopic (exact) mass is 376 g/mol. The van der Waals surface area contributed by atoms with Crippen LogP contribution in [0.4, 0.5) is 0 Å². The fourth-order valence-electron chi connectivity index (χ4n) is 4.33. The highest BCUT2D eigenvalue weighted by Crippen LogP contribution is 2.76. The van der Waals surface area contributed by atoms with E-state index in [4.69, 9.17) is 15.3 Å². The molecule has 2 unspecified atom stereocenters. The second kappa shape index (κ2) is 5.32. The molecule has 2 aromatic rings. The minimum Gasteiger partial charge on any atom is -0.273 e. The maximum atomic E-state index is 12.6. The minimum atomic E-state index is -1.11. The number of azo groups is 1. The van der Waals surface area contributed by atoms with Crippen molar-refractivity contribution < 1.29 is 4.79 Å².